The van der Waals surface area contributed by atoms with Crippen LogP contribution >= 0.6 is 11.8 Å². The quantitative estimate of drug-likeness (QED) is 0.504. The van der Waals surface area contributed by atoms with E-state index in [1.807, 2.05) is 31.2 Å². The molecule has 1 N–H and O–H groups in total. The van der Waals surface area contributed by atoms with Crippen molar-refractivity contribution in [1.29, 1.82) is 0 Å². The number of carbonyl (C=O) groups is 2. The molecule has 27 heavy (non-hydrogen) atoms. The van der Waals surface area contributed by atoms with Gasteiger partial charge >= 0.3 is 0 Å². The maximum atomic E-state index is 12.5. The second-order valence-corrected chi connectivity index (χ2v) is 7.33. The summed E-state index contributed by atoms with van der Waals surface area (Å²) in [7, 11) is 0. The Labute approximate surface area is 161 Å². The minimum Gasteiger partial charge on any atom is -0.411 e. The van der Waals surface area contributed by atoms with Crippen LogP contribution in [0.15, 0.2) is 58.2 Å². The number of benzene rings is 2. The van der Waals surface area contributed by atoms with Crippen molar-refractivity contribution in [2.24, 2.45) is 0 Å². The molecule has 3 rings (SSSR count). The monoisotopic (exact) mass is 381 g/mol. The van der Waals surface area contributed by atoms with Crippen molar-refractivity contribution < 1.29 is 14.0 Å². The number of ketones is 1. The summed E-state index contributed by atoms with van der Waals surface area (Å²) >= 11 is 1.17. The zero-order valence-corrected chi connectivity index (χ0v) is 16.0. The van der Waals surface area contributed by atoms with Gasteiger partial charge < -0.3 is 9.73 Å². The van der Waals surface area contributed by atoms with Crippen LogP contribution in [0.1, 0.15) is 29.8 Å². The highest BCUT2D eigenvalue weighted by Crippen LogP contribution is 2.28. The predicted octanol–water partition coefficient (Wildman–Crippen LogP) is 4.37. The highest BCUT2D eigenvalue weighted by Gasteiger charge is 2.20. The van der Waals surface area contributed by atoms with Crippen LogP contribution in [-0.4, -0.2) is 27.1 Å². The molecule has 1 amide bonds. The summed E-state index contributed by atoms with van der Waals surface area (Å²) in [6.07, 6.45) is 0. The smallest absolute Gasteiger partial charge is 0.277 e. The molecule has 0 bridgehead atoms. The van der Waals surface area contributed by atoms with Crippen LogP contribution in [0.2, 0.25) is 0 Å². The van der Waals surface area contributed by atoms with Gasteiger partial charge in [-0.25, -0.2) is 0 Å². The Hall–Kier alpha value is -2.93. The highest BCUT2D eigenvalue weighted by molar-refractivity contribution is 8.00. The second-order valence-electron chi connectivity index (χ2n) is 6.04. The number of aromatic nitrogens is 2. The number of hydrogen-bond acceptors (Lipinski definition) is 6. The number of anilines is 1. The SMILES string of the molecule is CC(=O)c1ccccc1NC(=O)[C@H](C)Sc1nnc(-c2ccccc2C)o1. The van der Waals surface area contributed by atoms with Crippen LogP contribution in [0.25, 0.3) is 11.5 Å². The third-order valence-electron chi connectivity index (χ3n) is 3.99. The van der Waals surface area contributed by atoms with E-state index in [1.165, 1.54) is 18.7 Å². The zero-order valence-electron chi connectivity index (χ0n) is 15.2. The lowest BCUT2D eigenvalue weighted by Gasteiger charge is -2.12. The van der Waals surface area contributed by atoms with E-state index in [2.05, 4.69) is 15.5 Å². The Morgan fingerprint density at radius 2 is 1.78 bits per heavy atom. The van der Waals surface area contributed by atoms with Crippen molar-refractivity contribution in [3.8, 4) is 11.5 Å². The topological polar surface area (TPSA) is 85.1 Å². The van der Waals surface area contributed by atoms with E-state index in [0.717, 1.165) is 11.1 Å². The van der Waals surface area contributed by atoms with Gasteiger partial charge in [0.05, 0.1) is 10.9 Å². The molecule has 0 saturated carbocycles. The lowest BCUT2D eigenvalue weighted by atomic mass is 10.1. The Balaban J connectivity index is 1.69. The van der Waals surface area contributed by atoms with E-state index < -0.39 is 5.25 Å². The normalized spacial score (nSPS) is 11.8. The second kappa shape index (κ2) is 8.18. The molecule has 0 saturated heterocycles. The van der Waals surface area contributed by atoms with E-state index in [4.69, 9.17) is 4.42 Å². The van der Waals surface area contributed by atoms with Crippen LogP contribution < -0.4 is 5.32 Å². The molecule has 0 spiro atoms. The number of nitrogens with one attached hydrogen (secondary N) is 1. The van der Waals surface area contributed by atoms with E-state index in [1.54, 1.807) is 31.2 Å². The molecule has 7 heteroatoms. The van der Waals surface area contributed by atoms with Crippen LogP contribution in [0.5, 0.6) is 0 Å². The molecule has 1 atom stereocenters. The molecule has 2 aromatic carbocycles. The Bertz CT molecular complexity index is 984. The summed E-state index contributed by atoms with van der Waals surface area (Å²) in [4.78, 5) is 24.2. The molecule has 0 radical (unpaired) electrons. The first-order valence-electron chi connectivity index (χ1n) is 8.42. The summed E-state index contributed by atoms with van der Waals surface area (Å²) in [5, 5.41) is 10.7. The van der Waals surface area contributed by atoms with Gasteiger partial charge in [-0.2, -0.15) is 0 Å². The number of aryl methyl sites for hydroxylation is 1. The fourth-order valence-corrected chi connectivity index (χ4v) is 3.20. The molecule has 0 aliphatic rings. The number of para-hydroxylation sites is 1. The molecule has 138 valence electrons. The van der Waals surface area contributed by atoms with Crippen molar-refractivity contribution in [2.75, 3.05) is 5.32 Å². The fraction of sp³-hybridized carbons (Fsp3) is 0.200. The summed E-state index contributed by atoms with van der Waals surface area (Å²) in [6.45, 7) is 5.18. The highest BCUT2D eigenvalue weighted by atomic mass is 32.2. The van der Waals surface area contributed by atoms with Crippen molar-refractivity contribution in [3.63, 3.8) is 0 Å². The fourth-order valence-electron chi connectivity index (χ4n) is 2.52. The van der Waals surface area contributed by atoms with Crippen LogP contribution in [0.3, 0.4) is 0 Å². The summed E-state index contributed by atoms with van der Waals surface area (Å²) in [6, 6.07) is 14.6. The van der Waals surface area contributed by atoms with Crippen LogP contribution in [-0.2, 0) is 4.79 Å². The largest absolute Gasteiger partial charge is 0.411 e. The van der Waals surface area contributed by atoms with Gasteiger partial charge in [-0.15, -0.1) is 10.2 Å². The van der Waals surface area contributed by atoms with Gasteiger partial charge in [0.2, 0.25) is 11.8 Å². The molecule has 0 fully saturated rings. The minimum atomic E-state index is -0.477. The van der Waals surface area contributed by atoms with Crippen LogP contribution in [0, 0.1) is 6.92 Å². The Morgan fingerprint density at radius 1 is 1.07 bits per heavy atom. The Morgan fingerprint density at radius 3 is 2.52 bits per heavy atom. The molecule has 3 aromatic rings. The number of nitrogens with zero attached hydrogens (tertiary/aromatic N) is 2. The maximum absolute atomic E-state index is 12.5. The van der Waals surface area contributed by atoms with E-state index in [-0.39, 0.29) is 11.7 Å². The first-order valence-corrected chi connectivity index (χ1v) is 9.30. The maximum Gasteiger partial charge on any atom is 0.277 e. The molecule has 1 aromatic heterocycles. The number of rotatable bonds is 6. The van der Waals surface area contributed by atoms with E-state index in [0.29, 0.717) is 22.4 Å². The first kappa shape index (κ1) is 18.8. The van der Waals surface area contributed by atoms with E-state index in [9.17, 15) is 9.59 Å². The molecular formula is C20H19N3O3S. The lowest BCUT2D eigenvalue weighted by molar-refractivity contribution is -0.115. The average molecular weight is 381 g/mol. The summed E-state index contributed by atoms with van der Waals surface area (Å²) < 4.78 is 5.69. The van der Waals surface area contributed by atoms with Gasteiger partial charge in [-0.3, -0.25) is 9.59 Å². The third kappa shape index (κ3) is 4.43. The molecule has 0 unspecified atom stereocenters. The van der Waals surface area contributed by atoms with Gasteiger partial charge in [0.25, 0.3) is 5.22 Å². The number of carbonyl (C=O) groups excluding carboxylic acids is 2. The van der Waals surface area contributed by atoms with Crippen molar-refractivity contribution >= 4 is 29.1 Å². The van der Waals surface area contributed by atoms with Gasteiger partial charge in [0, 0.05) is 11.1 Å². The molecule has 6 nitrogen and oxygen atoms in total. The minimum absolute atomic E-state index is 0.106. The van der Waals surface area contributed by atoms with Crippen molar-refractivity contribution in [1.82, 2.24) is 10.2 Å². The number of Topliss-reactive ketones (excluding diaryl/α,β-unsaturated/α-hetero) is 1. The van der Waals surface area contributed by atoms with Gasteiger partial charge in [-0.05, 0) is 44.5 Å². The molecule has 0 aliphatic heterocycles. The molecule has 1 heterocycles. The van der Waals surface area contributed by atoms with Crippen LogP contribution in [0.4, 0.5) is 5.69 Å². The van der Waals surface area contributed by atoms with Crippen molar-refractivity contribution in [2.45, 2.75) is 31.2 Å². The van der Waals surface area contributed by atoms with Gasteiger partial charge in [0.15, 0.2) is 5.78 Å². The number of hydrogen-bond donors (Lipinski definition) is 1. The van der Waals surface area contributed by atoms with Gasteiger partial charge in [0.1, 0.15) is 0 Å². The zero-order chi connectivity index (χ0) is 19.4. The van der Waals surface area contributed by atoms with E-state index >= 15 is 0 Å². The third-order valence-corrected chi connectivity index (χ3v) is 4.93. The number of amides is 1. The van der Waals surface area contributed by atoms with Crippen molar-refractivity contribution in [3.05, 3.63) is 59.7 Å². The molecular weight excluding hydrogens is 362 g/mol. The standard InChI is InChI=1S/C20H19N3O3S/c1-12-8-4-5-9-15(12)19-22-23-20(26-19)27-14(3)18(25)21-17-11-7-6-10-16(17)13(2)24/h4-11,14H,1-3H3,(H,21,25)/t14-/m0/s1. The number of thioether (sulfide) groups is 1. The Kier molecular flexibility index (Phi) is 5.71. The summed E-state index contributed by atoms with van der Waals surface area (Å²) in [5.74, 6) is 0.0699. The average Bonchev–Trinajstić information content (AvgIpc) is 3.10. The predicted molar refractivity (Wildman–Crippen MR) is 105 cm³/mol. The summed E-state index contributed by atoms with van der Waals surface area (Å²) in [5.41, 5.74) is 2.87. The lowest BCUT2D eigenvalue weighted by Crippen LogP contribution is -2.23. The molecule has 0 aliphatic carbocycles. The first-order chi connectivity index (χ1) is 13.0. The van der Waals surface area contributed by atoms with Gasteiger partial charge in [-0.1, -0.05) is 42.1 Å².